The van der Waals surface area contributed by atoms with E-state index in [2.05, 4.69) is 20.8 Å². The second-order valence-corrected chi connectivity index (χ2v) is 10.3. The third kappa shape index (κ3) is 4.97. The topological polar surface area (TPSA) is 61.8 Å². The molecular weight excluding hydrogens is 252 g/mol. The minimum atomic E-state index is -2.09. The number of aldehydes is 2. The standard InChI is InChI=1S/C12H24O5Si/c1-12(2,3)18(5,6)17-10(9-14)11(15-4)16-8-7-13/h7,9-11H,8H2,1-6H3/t10-,11+/m1/s1. The highest BCUT2D eigenvalue weighted by atomic mass is 28.4. The molecule has 0 aliphatic carbocycles. The van der Waals surface area contributed by atoms with Gasteiger partial charge in [0.25, 0.3) is 0 Å². The van der Waals surface area contributed by atoms with Crippen molar-refractivity contribution in [2.24, 2.45) is 0 Å². The molecule has 2 atom stereocenters. The second kappa shape index (κ2) is 7.13. The zero-order valence-corrected chi connectivity index (χ0v) is 13.1. The Morgan fingerprint density at radius 3 is 2.11 bits per heavy atom. The van der Waals surface area contributed by atoms with E-state index in [0.29, 0.717) is 12.6 Å². The van der Waals surface area contributed by atoms with Gasteiger partial charge in [0, 0.05) is 7.11 Å². The van der Waals surface area contributed by atoms with E-state index in [1.54, 1.807) is 0 Å². The van der Waals surface area contributed by atoms with Gasteiger partial charge in [0.2, 0.25) is 0 Å². The average Bonchev–Trinajstić information content (AvgIpc) is 2.26. The van der Waals surface area contributed by atoms with E-state index in [0.717, 1.165) is 0 Å². The molecule has 0 aromatic rings. The first-order valence-corrected chi connectivity index (χ1v) is 8.81. The lowest BCUT2D eigenvalue weighted by atomic mass is 10.2. The van der Waals surface area contributed by atoms with Gasteiger partial charge in [0.15, 0.2) is 27.0 Å². The summed E-state index contributed by atoms with van der Waals surface area (Å²) in [4.78, 5) is 21.4. The van der Waals surface area contributed by atoms with E-state index in [1.807, 2.05) is 13.1 Å². The third-order valence-corrected chi connectivity index (χ3v) is 7.67. The number of carbonyl (C=O) groups excluding carboxylic acids is 2. The summed E-state index contributed by atoms with van der Waals surface area (Å²) in [5, 5.41) is -0.0167. The Morgan fingerprint density at radius 1 is 1.22 bits per heavy atom. The van der Waals surface area contributed by atoms with Crippen LogP contribution in [0.5, 0.6) is 0 Å². The first kappa shape index (κ1) is 17.4. The van der Waals surface area contributed by atoms with Gasteiger partial charge in [-0.3, -0.25) is 0 Å². The summed E-state index contributed by atoms with van der Waals surface area (Å²) in [5.74, 6) is 0. The Morgan fingerprint density at radius 2 is 1.78 bits per heavy atom. The predicted octanol–water partition coefficient (Wildman–Crippen LogP) is 1.76. The van der Waals surface area contributed by atoms with Crippen LogP contribution in [0.1, 0.15) is 20.8 Å². The van der Waals surface area contributed by atoms with Gasteiger partial charge in [-0.05, 0) is 18.1 Å². The van der Waals surface area contributed by atoms with Gasteiger partial charge in [-0.25, -0.2) is 0 Å². The van der Waals surface area contributed by atoms with Gasteiger partial charge in [0.05, 0.1) is 0 Å². The maximum atomic E-state index is 11.1. The maximum Gasteiger partial charge on any atom is 0.193 e. The Hall–Kier alpha value is -0.563. The molecule has 0 aliphatic rings. The van der Waals surface area contributed by atoms with E-state index >= 15 is 0 Å². The maximum absolute atomic E-state index is 11.1. The molecule has 0 amide bonds. The van der Waals surface area contributed by atoms with Crippen molar-refractivity contribution >= 4 is 20.9 Å². The first-order chi connectivity index (χ1) is 8.19. The number of hydrogen-bond acceptors (Lipinski definition) is 5. The summed E-state index contributed by atoms with van der Waals surface area (Å²) in [5.41, 5.74) is 0. The molecule has 0 bridgehead atoms. The molecule has 0 N–H and O–H groups in total. The van der Waals surface area contributed by atoms with E-state index in [1.165, 1.54) is 7.11 Å². The van der Waals surface area contributed by atoms with Gasteiger partial charge in [-0.15, -0.1) is 0 Å². The fourth-order valence-electron chi connectivity index (χ4n) is 1.10. The SMILES string of the molecule is CO[C@@H](OCC=O)[C@@H](C=O)O[Si](C)(C)C(C)(C)C. The van der Waals surface area contributed by atoms with Crippen molar-refractivity contribution in [2.75, 3.05) is 13.7 Å². The van der Waals surface area contributed by atoms with Crippen LogP contribution in [0.25, 0.3) is 0 Å². The molecule has 0 aromatic heterocycles. The van der Waals surface area contributed by atoms with E-state index in [9.17, 15) is 9.59 Å². The van der Waals surface area contributed by atoms with Gasteiger partial charge in [0.1, 0.15) is 12.9 Å². The molecule has 6 heteroatoms. The van der Waals surface area contributed by atoms with Crippen molar-refractivity contribution in [1.29, 1.82) is 0 Å². The van der Waals surface area contributed by atoms with Gasteiger partial charge in [-0.2, -0.15) is 0 Å². The van der Waals surface area contributed by atoms with Crippen molar-refractivity contribution in [3.05, 3.63) is 0 Å². The molecule has 18 heavy (non-hydrogen) atoms. The molecule has 0 unspecified atom stereocenters. The number of ether oxygens (including phenoxy) is 2. The van der Waals surface area contributed by atoms with Crippen LogP contribution in [0.4, 0.5) is 0 Å². The van der Waals surface area contributed by atoms with Crippen molar-refractivity contribution in [2.45, 2.75) is 51.3 Å². The third-order valence-electron chi connectivity index (χ3n) is 3.20. The van der Waals surface area contributed by atoms with Crippen LogP contribution >= 0.6 is 0 Å². The van der Waals surface area contributed by atoms with Crippen molar-refractivity contribution in [3.63, 3.8) is 0 Å². The summed E-state index contributed by atoms with van der Waals surface area (Å²) in [6, 6.07) is 0. The summed E-state index contributed by atoms with van der Waals surface area (Å²) in [6.45, 7) is 10.2. The summed E-state index contributed by atoms with van der Waals surface area (Å²) < 4.78 is 16.1. The molecule has 0 heterocycles. The monoisotopic (exact) mass is 276 g/mol. The number of rotatable bonds is 8. The lowest BCUT2D eigenvalue weighted by molar-refractivity contribution is -0.175. The molecule has 0 aliphatic heterocycles. The van der Waals surface area contributed by atoms with Gasteiger partial charge in [-0.1, -0.05) is 20.8 Å². The molecule has 0 rings (SSSR count). The molecule has 0 saturated carbocycles. The summed E-state index contributed by atoms with van der Waals surface area (Å²) >= 11 is 0. The Balaban J connectivity index is 4.76. The normalized spacial score (nSPS) is 16.1. The van der Waals surface area contributed by atoms with Crippen LogP contribution in [0.3, 0.4) is 0 Å². The zero-order chi connectivity index (χ0) is 14.4. The van der Waals surface area contributed by atoms with E-state index in [-0.39, 0.29) is 11.6 Å². The van der Waals surface area contributed by atoms with Crippen LogP contribution in [0, 0.1) is 0 Å². The minimum Gasteiger partial charge on any atom is -0.403 e. The van der Waals surface area contributed by atoms with Crippen LogP contribution in [-0.4, -0.2) is 47.0 Å². The molecule has 0 fully saturated rings. The van der Waals surface area contributed by atoms with E-state index in [4.69, 9.17) is 13.9 Å². The number of carbonyl (C=O) groups is 2. The zero-order valence-electron chi connectivity index (χ0n) is 12.1. The lowest BCUT2D eigenvalue weighted by Crippen LogP contribution is -2.48. The molecule has 0 radical (unpaired) electrons. The highest BCUT2D eigenvalue weighted by molar-refractivity contribution is 6.74. The smallest absolute Gasteiger partial charge is 0.193 e. The van der Waals surface area contributed by atoms with Crippen LogP contribution in [-0.2, 0) is 23.5 Å². The largest absolute Gasteiger partial charge is 0.403 e. The Labute approximate surface area is 110 Å². The van der Waals surface area contributed by atoms with Gasteiger partial charge < -0.3 is 23.5 Å². The minimum absolute atomic E-state index is 0.0167. The Kier molecular flexibility index (Phi) is 6.91. The highest BCUT2D eigenvalue weighted by Gasteiger charge is 2.41. The lowest BCUT2D eigenvalue weighted by Gasteiger charge is -2.39. The van der Waals surface area contributed by atoms with Crippen LogP contribution in [0.15, 0.2) is 0 Å². The summed E-state index contributed by atoms with van der Waals surface area (Å²) in [7, 11) is -0.669. The molecular formula is C12H24O5Si. The van der Waals surface area contributed by atoms with Crippen LogP contribution < -0.4 is 0 Å². The Bertz CT molecular complexity index is 272. The predicted molar refractivity (Wildman–Crippen MR) is 70.9 cm³/mol. The van der Waals surface area contributed by atoms with Crippen LogP contribution in [0.2, 0.25) is 18.1 Å². The summed E-state index contributed by atoms with van der Waals surface area (Å²) in [6.07, 6.45) is -0.377. The molecule has 0 spiro atoms. The fraction of sp³-hybridized carbons (Fsp3) is 0.833. The number of methoxy groups -OCH3 is 1. The van der Waals surface area contributed by atoms with Crippen molar-refractivity contribution < 1.29 is 23.5 Å². The van der Waals surface area contributed by atoms with Gasteiger partial charge >= 0.3 is 0 Å². The number of hydrogen-bond donors (Lipinski definition) is 0. The molecule has 0 aromatic carbocycles. The molecule has 106 valence electrons. The molecule has 0 saturated heterocycles. The van der Waals surface area contributed by atoms with Crippen molar-refractivity contribution in [1.82, 2.24) is 0 Å². The second-order valence-electron chi connectivity index (χ2n) is 5.58. The average molecular weight is 276 g/mol. The quantitative estimate of drug-likeness (QED) is 0.384. The van der Waals surface area contributed by atoms with E-state index < -0.39 is 20.7 Å². The van der Waals surface area contributed by atoms with Crippen molar-refractivity contribution in [3.8, 4) is 0 Å². The first-order valence-electron chi connectivity index (χ1n) is 5.90. The fourth-order valence-corrected chi connectivity index (χ4v) is 2.30. The molecule has 5 nitrogen and oxygen atoms in total. The highest BCUT2D eigenvalue weighted by Crippen LogP contribution is 2.37.